The second-order valence-electron chi connectivity index (χ2n) is 7.11. The molecule has 0 spiro atoms. The van der Waals surface area contributed by atoms with Crippen molar-refractivity contribution in [3.8, 4) is 11.1 Å². The van der Waals surface area contributed by atoms with Gasteiger partial charge in [-0.1, -0.05) is 73.5 Å². The predicted molar refractivity (Wildman–Crippen MR) is 114 cm³/mol. The molecular formula is C26H21Cl2Hf-3. The van der Waals surface area contributed by atoms with E-state index in [2.05, 4.69) is 91.9 Å². The molecule has 0 amide bonds. The molecule has 0 atom stereocenters. The van der Waals surface area contributed by atoms with E-state index in [4.69, 9.17) is 0 Å². The van der Waals surface area contributed by atoms with Crippen LogP contribution >= 0.6 is 0 Å². The molecule has 0 aliphatic carbocycles. The van der Waals surface area contributed by atoms with Crippen LogP contribution in [-0.4, -0.2) is 0 Å². The Morgan fingerprint density at radius 1 is 0.655 bits per heavy atom. The zero-order valence-electron chi connectivity index (χ0n) is 16.3. The summed E-state index contributed by atoms with van der Waals surface area (Å²) >= 11 is 0. The van der Waals surface area contributed by atoms with Crippen LogP contribution in [0.15, 0.2) is 84.9 Å². The summed E-state index contributed by atoms with van der Waals surface area (Å²) in [5.74, 6) is 0. The van der Waals surface area contributed by atoms with Gasteiger partial charge in [0.25, 0.3) is 0 Å². The van der Waals surface area contributed by atoms with Crippen LogP contribution in [0.1, 0.15) is 18.9 Å². The van der Waals surface area contributed by atoms with Gasteiger partial charge in [0.2, 0.25) is 0 Å². The number of halogens is 2. The molecule has 0 aliphatic rings. The van der Waals surface area contributed by atoms with Crippen molar-refractivity contribution >= 4 is 32.3 Å². The fourth-order valence-electron chi connectivity index (χ4n) is 4.24. The SMILES string of the molecule is CCCc1cc2c(-c3cc4ccccc4c4ccccc34)cccc2[cH-]1.[Cl-].[Cl-].[Hf]. The standard InChI is InChI=1S/C26H21.2ClH.Hf/c1-2-8-18-15-19-10-7-14-24(25(19)16-18)26-17-20-9-3-4-11-21(20)22-12-5-6-13-23(22)26;;;/h3-7,9-17H,2,8H2,1H3;2*1H;/q-1;;;/p-2. The molecule has 0 N–H and O–H groups in total. The van der Waals surface area contributed by atoms with Crippen LogP contribution < -0.4 is 24.8 Å². The molecule has 5 aromatic rings. The Morgan fingerprint density at radius 3 is 2.10 bits per heavy atom. The largest absolute Gasteiger partial charge is 1.00 e. The van der Waals surface area contributed by atoms with Gasteiger partial charge in [-0.15, -0.1) is 34.5 Å². The van der Waals surface area contributed by atoms with Crippen LogP contribution in [0.4, 0.5) is 0 Å². The van der Waals surface area contributed by atoms with Gasteiger partial charge in [0.05, 0.1) is 0 Å². The molecule has 29 heavy (non-hydrogen) atoms. The van der Waals surface area contributed by atoms with Crippen molar-refractivity contribution in [2.75, 3.05) is 0 Å². The molecule has 0 bridgehead atoms. The van der Waals surface area contributed by atoms with Crippen molar-refractivity contribution in [2.45, 2.75) is 19.8 Å². The summed E-state index contributed by atoms with van der Waals surface area (Å²) in [6.45, 7) is 2.25. The first-order chi connectivity index (χ1) is 12.8. The Morgan fingerprint density at radius 2 is 1.34 bits per heavy atom. The van der Waals surface area contributed by atoms with Crippen LogP contribution in [-0.2, 0) is 32.3 Å². The van der Waals surface area contributed by atoms with Gasteiger partial charge in [0.1, 0.15) is 0 Å². The van der Waals surface area contributed by atoms with Crippen LogP contribution in [0.3, 0.4) is 0 Å². The molecule has 0 saturated carbocycles. The number of aryl methyl sites for hydroxylation is 1. The quantitative estimate of drug-likeness (QED) is 0.172. The normalized spacial score (nSPS) is 10.4. The molecule has 0 unspecified atom stereocenters. The number of rotatable bonds is 3. The first kappa shape index (κ1) is 23.7. The number of fused-ring (bicyclic) bond motifs is 4. The molecule has 146 valence electrons. The Hall–Kier alpha value is -1.54. The van der Waals surface area contributed by atoms with Crippen molar-refractivity contribution in [3.05, 3.63) is 90.5 Å². The third-order valence-corrected chi connectivity index (χ3v) is 5.41. The summed E-state index contributed by atoms with van der Waals surface area (Å²) in [4.78, 5) is 0. The molecule has 0 saturated heterocycles. The molecule has 0 nitrogen and oxygen atoms in total. The molecule has 0 radical (unpaired) electrons. The van der Waals surface area contributed by atoms with Gasteiger partial charge in [-0.25, -0.2) is 0 Å². The molecule has 0 heterocycles. The van der Waals surface area contributed by atoms with Crippen molar-refractivity contribution in [1.29, 1.82) is 0 Å². The molecule has 3 heteroatoms. The fourth-order valence-corrected chi connectivity index (χ4v) is 4.24. The molecule has 5 aromatic carbocycles. The van der Waals surface area contributed by atoms with E-state index in [-0.39, 0.29) is 50.7 Å². The van der Waals surface area contributed by atoms with E-state index < -0.39 is 0 Å². The van der Waals surface area contributed by atoms with Gasteiger partial charge in [-0.3, -0.25) is 0 Å². The minimum Gasteiger partial charge on any atom is -1.00 e. The van der Waals surface area contributed by atoms with Crippen molar-refractivity contribution in [1.82, 2.24) is 0 Å². The third kappa shape index (κ3) is 4.19. The van der Waals surface area contributed by atoms with Gasteiger partial charge < -0.3 is 24.8 Å². The maximum absolute atomic E-state index is 2.39. The third-order valence-electron chi connectivity index (χ3n) is 5.41. The minimum absolute atomic E-state index is 0. The van der Waals surface area contributed by atoms with E-state index in [0.29, 0.717) is 0 Å². The second-order valence-corrected chi connectivity index (χ2v) is 7.11. The topological polar surface area (TPSA) is 0 Å². The summed E-state index contributed by atoms with van der Waals surface area (Å²) < 4.78 is 0. The van der Waals surface area contributed by atoms with Crippen molar-refractivity contribution < 1.29 is 50.7 Å². The van der Waals surface area contributed by atoms with Crippen LogP contribution in [0.25, 0.3) is 43.4 Å². The summed E-state index contributed by atoms with van der Waals surface area (Å²) in [6, 6.07) is 31.3. The first-order valence-corrected chi connectivity index (χ1v) is 9.44. The fraction of sp³-hybridized carbons (Fsp3) is 0.115. The van der Waals surface area contributed by atoms with Crippen LogP contribution in [0, 0.1) is 0 Å². The number of hydrogen-bond donors (Lipinski definition) is 0. The zero-order valence-corrected chi connectivity index (χ0v) is 21.4. The van der Waals surface area contributed by atoms with Gasteiger partial charge in [-0.05, 0) is 39.6 Å². The van der Waals surface area contributed by atoms with E-state index in [0.717, 1.165) is 6.42 Å². The molecular weight excluding hydrogens is 562 g/mol. The van der Waals surface area contributed by atoms with Gasteiger partial charge in [0.15, 0.2) is 0 Å². The average molecular weight is 583 g/mol. The van der Waals surface area contributed by atoms with E-state index in [1.807, 2.05) is 0 Å². The summed E-state index contributed by atoms with van der Waals surface area (Å²) in [6.07, 6.45) is 2.33. The minimum atomic E-state index is 0. The van der Waals surface area contributed by atoms with Crippen LogP contribution in [0.5, 0.6) is 0 Å². The smallest absolute Gasteiger partial charge is 0 e. The Kier molecular flexibility index (Phi) is 8.17. The van der Waals surface area contributed by atoms with E-state index in [9.17, 15) is 0 Å². The second kappa shape index (κ2) is 9.98. The van der Waals surface area contributed by atoms with Gasteiger partial charge in [-0.2, -0.15) is 6.07 Å². The first-order valence-electron chi connectivity index (χ1n) is 9.44. The van der Waals surface area contributed by atoms with E-state index >= 15 is 0 Å². The van der Waals surface area contributed by atoms with Crippen LogP contribution in [0.2, 0.25) is 0 Å². The maximum atomic E-state index is 2.39. The summed E-state index contributed by atoms with van der Waals surface area (Å²) in [5.41, 5.74) is 4.12. The molecule has 0 aromatic heterocycles. The summed E-state index contributed by atoms with van der Waals surface area (Å²) in [5, 5.41) is 8.02. The summed E-state index contributed by atoms with van der Waals surface area (Å²) in [7, 11) is 0. The molecule has 0 aliphatic heterocycles. The molecule has 0 fully saturated rings. The average Bonchev–Trinajstić information content (AvgIpc) is 3.10. The molecule has 5 rings (SSSR count). The monoisotopic (exact) mass is 583 g/mol. The van der Waals surface area contributed by atoms with Gasteiger partial charge >= 0.3 is 0 Å². The van der Waals surface area contributed by atoms with Crippen molar-refractivity contribution in [2.24, 2.45) is 0 Å². The Balaban J connectivity index is 0.000001000. The van der Waals surface area contributed by atoms with Gasteiger partial charge in [0, 0.05) is 25.8 Å². The number of hydrogen-bond acceptors (Lipinski definition) is 0. The Bertz CT molecular complexity index is 1250. The van der Waals surface area contributed by atoms with E-state index in [1.165, 1.54) is 55.4 Å². The van der Waals surface area contributed by atoms with Crippen molar-refractivity contribution in [3.63, 3.8) is 0 Å². The van der Waals surface area contributed by atoms with E-state index in [1.54, 1.807) is 0 Å². The predicted octanol–water partition coefficient (Wildman–Crippen LogP) is 1.49. The zero-order chi connectivity index (χ0) is 17.5. The maximum Gasteiger partial charge on any atom is 0 e. The number of benzene rings is 4. The Labute approximate surface area is 203 Å².